The summed E-state index contributed by atoms with van der Waals surface area (Å²) in [4.78, 5) is 21.7. The molecule has 0 fully saturated rings. The van der Waals surface area contributed by atoms with E-state index in [4.69, 9.17) is 15.9 Å². The van der Waals surface area contributed by atoms with Gasteiger partial charge in [0, 0.05) is 20.3 Å². The van der Waals surface area contributed by atoms with Gasteiger partial charge < -0.3 is 9.47 Å². The third-order valence-corrected chi connectivity index (χ3v) is 2.22. The Bertz CT molecular complexity index is 307. The Kier molecular flexibility index (Phi) is 6.73. The first-order valence-corrected chi connectivity index (χ1v) is 5.27. The molecule has 0 aliphatic carbocycles. The van der Waals surface area contributed by atoms with Gasteiger partial charge in [-0.15, -0.1) is 18.9 Å². The Labute approximate surface area is 102 Å². The minimum absolute atomic E-state index is 0.117. The minimum atomic E-state index is -0.576. The Morgan fingerprint density at radius 3 is 2.06 bits per heavy atom. The molecule has 0 radical (unpaired) electrons. The van der Waals surface area contributed by atoms with E-state index >= 15 is 0 Å². The van der Waals surface area contributed by atoms with Crippen LogP contribution in [0.15, 0.2) is 12.7 Å². The molecule has 0 saturated carbocycles. The summed E-state index contributed by atoms with van der Waals surface area (Å²) in [5, 5.41) is 0. The lowest BCUT2D eigenvalue weighted by Gasteiger charge is -2.29. The molecule has 94 valence electrons. The topological polar surface area (TPSA) is 52.6 Å². The summed E-state index contributed by atoms with van der Waals surface area (Å²) < 4.78 is 9.94. The second kappa shape index (κ2) is 7.50. The number of carbonyl (C=O) groups is 2. The summed E-state index contributed by atoms with van der Waals surface area (Å²) in [6, 6.07) is 0. The molecule has 0 bridgehead atoms. The molecule has 4 nitrogen and oxygen atoms in total. The van der Waals surface area contributed by atoms with Crippen molar-refractivity contribution in [2.45, 2.75) is 26.7 Å². The molecule has 0 N–H and O–H groups in total. The molecule has 4 heteroatoms. The van der Waals surface area contributed by atoms with E-state index < -0.39 is 17.4 Å². The smallest absolute Gasteiger partial charge is 0.302 e. The summed E-state index contributed by atoms with van der Waals surface area (Å²) in [6.45, 7) is 6.51. The fourth-order valence-electron chi connectivity index (χ4n) is 1.37. The fraction of sp³-hybridized carbons (Fsp3) is 0.538. The number of esters is 2. The van der Waals surface area contributed by atoms with Gasteiger partial charge in [0.1, 0.15) is 13.2 Å². The van der Waals surface area contributed by atoms with E-state index in [0.717, 1.165) is 0 Å². The van der Waals surface area contributed by atoms with Gasteiger partial charge in [0.05, 0.1) is 5.41 Å². The van der Waals surface area contributed by atoms with Gasteiger partial charge in [0.2, 0.25) is 0 Å². The highest BCUT2D eigenvalue weighted by Crippen LogP contribution is 2.28. The summed E-state index contributed by atoms with van der Waals surface area (Å²) in [6.07, 6.45) is 7.82. The zero-order valence-corrected chi connectivity index (χ0v) is 10.3. The molecule has 0 aromatic carbocycles. The number of terminal acetylenes is 1. The number of allylic oxidation sites excluding steroid dienone is 1. The molecule has 17 heavy (non-hydrogen) atoms. The van der Waals surface area contributed by atoms with Crippen LogP contribution in [0.25, 0.3) is 0 Å². The monoisotopic (exact) mass is 238 g/mol. The number of hydrogen-bond acceptors (Lipinski definition) is 4. The largest absolute Gasteiger partial charge is 0.465 e. The molecule has 0 rings (SSSR count). The molecule has 0 amide bonds. The molecule has 0 aliphatic heterocycles. The maximum atomic E-state index is 10.8. The van der Waals surface area contributed by atoms with E-state index in [9.17, 15) is 9.59 Å². The summed E-state index contributed by atoms with van der Waals surface area (Å²) in [7, 11) is 0. The molecular formula is C13H18O4. The van der Waals surface area contributed by atoms with Gasteiger partial charge >= 0.3 is 11.9 Å². The fourth-order valence-corrected chi connectivity index (χ4v) is 1.37. The van der Waals surface area contributed by atoms with Crippen LogP contribution in [0.2, 0.25) is 0 Å². The maximum absolute atomic E-state index is 10.8. The third kappa shape index (κ3) is 6.41. The van der Waals surface area contributed by atoms with Crippen LogP contribution < -0.4 is 0 Å². The Balaban J connectivity index is 4.70. The molecule has 0 atom stereocenters. The van der Waals surface area contributed by atoms with Crippen molar-refractivity contribution in [3.63, 3.8) is 0 Å². The van der Waals surface area contributed by atoms with Crippen molar-refractivity contribution in [3.05, 3.63) is 12.7 Å². The minimum Gasteiger partial charge on any atom is -0.465 e. The van der Waals surface area contributed by atoms with Gasteiger partial charge in [0.15, 0.2) is 0 Å². The molecule has 0 aromatic rings. The molecular weight excluding hydrogens is 220 g/mol. The summed E-state index contributed by atoms with van der Waals surface area (Å²) in [5.41, 5.74) is -0.576. The van der Waals surface area contributed by atoms with Crippen LogP contribution in [0.3, 0.4) is 0 Å². The van der Waals surface area contributed by atoms with Crippen LogP contribution in [-0.2, 0) is 19.1 Å². The zero-order chi connectivity index (χ0) is 13.3. The highest BCUT2D eigenvalue weighted by atomic mass is 16.5. The molecule has 0 spiro atoms. The second-order valence-electron chi connectivity index (χ2n) is 3.93. The van der Waals surface area contributed by atoms with Crippen molar-refractivity contribution in [1.82, 2.24) is 0 Å². The quantitative estimate of drug-likeness (QED) is 0.385. The van der Waals surface area contributed by atoms with E-state index in [1.54, 1.807) is 6.08 Å². The number of carbonyl (C=O) groups excluding carboxylic acids is 2. The lowest BCUT2D eigenvalue weighted by Crippen LogP contribution is -2.33. The Morgan fingerprint density at radius 1 is 1.29 bits per heavy atom. The van der Waals surface area contributed by atoms with E-state index in [1.807, 2.05) is 0 Å². The predicted molar refractivity (Wildman–Crippen MR) is 64.0 cm³/mol. The van der Waals surface area contributed by atoms with Gasteiger partial charge in [-0.3, -0.25) is 9.59 Å². The first kappa shape index (κ1) is 15.2. The molecule has 0 aromatic heterocycles. The summed E-state index contributed by atoms with van der Waals surface area (Å²) in [5.74, 6) is 1.73. The first-order chi connectivity index (χ1) is 7.95. The highest BCUT2D eigenvalue weighted by Gasteiger charge is 2.31. The van der Waals surface area contributed by atoms with Crippen molar-refractivity contribution < 1.29 is 19.1 Å². The van der Waals surface area contributed by atoms with Gasteiger partial charge in [-0.05, 0) is 6.42 Å². The van der Waals surface area contributed by atoms with Crippen LogP contribution in [0.5, 0.6) is 0 Å². The van der Waals surface area contributed by atoms with Gasteiger partial charge in [-0.25, -0.2) is 0 Å². The molecule has 0 aliphatic rings. The van der Waals surface area contributed by atoms with Crippen LogP contribution in [0.4, 0.5) is 0 Å². The number of hydrogen-bond donors (Lipinski definition) is 0. The van der Waals surface area contributed by atoms with Crippen molar-refractivity contribution in [2.75, 3.05) is 13.2 Å². The second-order valence-corrected chi connectivity index (χ2v) is 3.93. The standard InChI is InChI=1S/C13H18O4/c1-5-7-13(8-6-2,9-16-11(3)14)10-17-12(4)15/h1,6H,2,7-10H2,3-4H3. The van der Waals surface area contributed by atoms with Crippen LogP contribution >= 0.6 is 0 Å². The summed E-state index contributed by atoms with van der Waals surface area (Å²) >= 11 is 0. The average molecular weight is 238 g/mol. The van der Waals surface area contributed by atoms with Gasteiger partial charge in [-0.1, -0.05) is 6.08 Å². The van der Waals surface area contributed by atoms with Crippen molar-refractivity contribution in [2.24, 2.45) is 5.41 Å². The van der Waals surface area contributed by atoms with Crippen LogP contribution in [-0.4, -0.2) is 25.2 Å². The van der Waals surface area contributed by atoms with Gasteiger partial charge in [-0.2, -0.15) is 0 Å². The van der Waals surface area contributed by atoms with E-state index in [0.29, 0.717) is 12.8 Å². The van der Waals surface area contributed by atoms with Crippen LogP contribution in [0, 0.1) is 17.8 Å². The van der Waals surface area contributed by atoms with Crippen molar-refractivity contribution in [3.8, 4) is 12.3 Å². The third-order valence-electron chi connectivity index (χ3n) is 2.22. The molecule has 0 unspecified atom stereocenters. The average Bonchev–Trinajstić information content (AvgIpc) is 2.24. The van der Waals surface area contributed by atoms with Crippen LogP contribution in [0.1, 0.15) is 26.7 Å². The van der Waals surface area contributed by atoms with E-state index in [-0.39, 0.29) is 13.2 Å². The SMILES string of the molecule is C#CCC(CC=C)(COC(C)=O)COC(C)=O. The first-order valence-electron chi connectivity index (χ1n) is 5.27. The Hall–Kier alpha value is -1.76. The van der Waals surface area contributed by atoms with Crippen molar-refractivity contribution >= 4 is 11.9 Å². The zero-order valence-electron chi connectivity index (χ0n) is 10.3. The lowest BCUT2D eigenvalue weighted by atomic mass is 9.83. The predicted octanol–water partition coefficient (Wildman–Crippen LogP) is 1.70. The highest BCUT2D eigenvalue weighted by molar-refractivity contribution is 5.66. The van der Waals surface area contributed by atoms with Gasteiger partial charge in [0.25, 0.3) is 0 Å². The van der Waals surface area contributed by atoms with E-state index in [2.05, 4.69) is 12.5 Å². The maximum Gasteiger partial charge on any atom is 0.302 e. The normalized spacial score (nSPS) is 10.2. The number of ether oxygens (including phenoxy) is 2. The molecule has 0 saturated heterocycles. The molecule has 0 heterocycles. The Morgan fingerprint density at radius 2 is 1.76 bits per heavy atom. The van der Waals surface area contributed by atoms with Crippen molar-refractivity contribution in [1.29, 1.82) is 0 Å². The number of rotatable bonds is 7. The van der Waals surface area contributed by atoms with E-state index in [1.165, 1.54) is 13.8 Å². The lowest BCUT2D eigenvalue weighted by molar-refractivity contribution is -0.151.